The molecule has 1 aromatic carbocycles. The molecule has 0 unspecified atom stereocenters. The number of hydrogen-bond donors (Lipinski definition) is 1. The van der Waals surface area contributed by atoms with Gasteiger partial charge in [0.1, 0.15) is 11.3 Å². The number of aromatic nitrogens is 5. The van der Waals surface area contributed by atoms with E-state index in [0.29, 0.717) is 0 Å². The molecule has 3 aromatic rings. The van der Waals surface area contributed by atoms with Gasteiger partial charge in [-0.25, -0.2) is 9.67 Å². The van der Waals surface area contributed by atoms with Crippen LogP contribution in [0.2, 0.25) is 5.02 Å². The van der Waals surface area contributed by atoms with Gasteiger partial charge in [-0.2, -0.15) is 45.3 Å². The maximum absolute atomic E-state index is 14.0. The highest BCUT2D eigenvalue weighted by Crippen LogP contribution is 2.50. The van der Waals surface area contributed by atoms with E-state index in [4.69, 9.17) is 11.6 Å². The number of aryl methyl sites for hydroxylation is 2. The lowest BCUT2D eigenvalue weighted by atomic mass is 10.1. The zero-order valence-corrected chi connectivity index (χ0v) is 19.0. The molecule has 36 heavy (non-hydrogen) atoms. The van der Waals surface area contributed by atoms with E-state index in [-0.39, 0.29) is 32.7 Å². The predicted molar refractivity (Wildman–Crippen MR) is 109 cm³/mol. The average Bonchev–Trinajstić information content (AvgIpc) is 3.36. The molecule has 2 heterocycles. The predicted octanol–water partition coefficient (Wildman–Crippen LogP) is 5.10. The summed E-state index contributed by atoms with van der Waals surface area (Å²) in [6.45, 7) is 0. The van der Waals surface area contributed by atoms with Crippen molar-refractivity contribution in [2.24, 2.45) is 14.1 Å². The fourth-order valence-electron chi connectivity index (χ4n) is 3.45. The SMILES string of the molecule is Cn1nc(-c2ccc(Cl)c(C(=O)NC3CC3)c2)nc1-c1c(C(F)(F)F)c(C(F)(F)C(F)(F)F)nn1C. The van der Waals surface area contributed by atoms with Gasteiger partial charge >= 0.3 is 18.3 Å². The van der Waals surface area contributed by atoms with Crippen LogP contribution < -0.4 is 5.32 Å². The monoisotopic (exact) mass is 542 g/mol. The second-order valence-corrected chi connectivity index (χ2v) is 8.50. The first-order valence-corrected chi connectivity index (χ1v) is 10.5. The van der Waals surface area contributed by atoms with Crippen molar-refractivity contribution in [2.45, 2.75) is 37.2 Å². The number of rotatable bonds is 5. The minimum atomic E-state index is -6.33. The van der Waals surface area contributed by atoms with Gasteiger partial charge in [0.25, 0.3) is 5.91 Å². The van der Waals surface area contributed by atoms with Crippen LogP contribution in [0.4, 0.5) is 35.1 Å². The standard InChI is InChI=1S/C20H15ClF8N6O/c1-34-13(12(19(24,25)26)14(32-34)18(22,23)20(27,28)29)16-31-15(33-35(16)2)8-3-6-11(21)10(7-8)17(36)30-9-4-5-9/h3,6-7,9H,4-5H2,1-2H3,(H,30,36). The van der Waals surface area contributed by atoms with Crippen molar-refractivity contribution in [1.29, 1.82) is 0 Å². The Morgan fingerprint density at radius 3 is 2.22 bits per heavy atom. The Bertz CT molecular complexity index is 1340. The van der Waals surface area contributed by atoms with Gasteiger partial charge < -0.3 is 5.32 Å². The van der Waals surface area contributed by atoms with Crippen molar-refractivity contribution in [3.8, 4) is 22.9 Å². The molecule has 4 rings (SSSR count). The van der Waals surface area contributed by atoms with Crippen LogP contribution in [-0.4, -0.2) is 42.7 Å². The minimum absolute atomic E-state index is 0.00598. The van der Waals surface area contributed by atoms with Crippen molar-refractivity contribution >= 4 is 17.5 Å². The van der Waals surface area contributed by atoms with Gasteiger partial charge in [0.05, 0.1) is 10.6 Å². The van der Waals surface area contributed by atoms with Crippen LogP contribution in [0.25, 0.3) is 22.9 Å². The first kappa shape index (κ1) is 25.9. The highest BCUT2D eigenvalue weighted by atomic mass is 35.5. The summed E-state index contributed by atoms with van der Waals surface area (Å²) in [6.07, 6.45) is -10.4. The molecule has 1 saturated carbocycles. The summed E-state index contributed by atoms with van der Waals surface area (Å²) in [5.41, 5.74) is -5.77. The fourth-order valence-corrected chi connectivity index (χ4v) is 3.65. The van der Waals surface area contributed by atoms with E-state index in [1.807, 2.05) is 0 Å². The summed E-state index contributed by atoms with van der Waals surface area (Å²) < 4.78 is 109. The highest BCUT2D eigenvalue weighted by Gasteiger charge is 2.64. The van der Waals surface area contributed by atoms with Crippen LogP contribution in [0.3, 0.4) is 0 Å². The second kappa shape index (κ2) is 8.42. The third-order valence-corrected chi connectivity index (χ3v) is 5.67. The normalized spacial score (nSPS) is 14.9. The van der Waals surface area contributed by atoms with Crippen molar-refractivity contribution < 1.29 is 39.9 Å². The zero-order chi connectivity index (χ0) is 26.8. The maximum Gasteiger partial charge on any atom is 0.459 e. The molecule has 1 aliphatic rings. The lowest BCUT2D eigenvalue weighted by Crippen LogP contribution is -2.36. The first-order chi connectivity index (χ1) is 16.5. The number of carbonyl (C=O) groups is 1. The van der Waals surface area contributed by atoms with E-state index < -0.39 is 47.0 Å². The summed E-state index contributed by atoms with van der Waals surface area (Å²) in [5, 5.41) is 9.64. The Kier molecular flexibility index (Phi) is 6.05. The number of carbonyl (C=O) groups excluding carboxylic acids is 1. The van der Waals surface area contributed by atoms with Gasteiger partial charge in [-0.05, 0) is 31.0 Å². The highest BCUT2D eigenvalue weighted by molar-refractivity contribution is 6.34. The van der Waals surface area contributed by atoms with E-state index in [0.717, 1.165) is 31.6 Å². The smallest absolute Gasteiger partial charge is 0.349 e. The maximum atomic E-state index is 14.0. The molecule has 1 N–H and O–H groups in total. The topological polar surface area (TPSA) is 77.6 Å². The molecular weight excluding hydrogens is 528 g/mol. The van der Waals surface area contributed by atoms with Gasteiger partial charge in [0.2, 0.25) is 0 Å². The van der Waals surface area contributed by atoms with Crippen LogP contribution in [0, 0.1) is 0 Å². The number of nitrogens with zero attached hydrogens (tertiary/aromatic N) is 5. The molecule has 194 valence electrons. The number of alkyl halides is 8. The van der Waals surface area contributed by atoms with Crippen LogP contribution >= 0.6 is 11.6 Å². The van der Waals surface area contributed by atoms with Crippen LogP contribution in [0.5, 0.6) is 0 Å². The fraction of sp³-hybridized carbons (Fsp3) is 0.400. The Morgan fingerprint density at radius 2 is 1.67 bits per heavy atom. The Morgan fingerprint density at radius 1 is 1.03 bits per heavy atom. The van der Waals surface area contributed by atoms with Gasteiger partial charge in [-0.1, -0.05) is 11.6 Å². The zero-order valence-electron chi connectivity index (χ0n) is 18.3. The molecule has 0 bridgehead atoms. The summed E-state index contributed by atoms with van der Waals surface area (Å²) in [5.74, 6) is -7.31. The molecule has 1 aliphatic carbocycles. The van der Waals surface area contributed by atoms with Gasteiger partial charge in [0, 0.05) is 25.7 Å². The number of benzene rings is 1. The summed E-state index contributed by atoms with van der Waals surface area (Å²) in [7, 11) is 1.90. The van der Waals surface area contributed by atoms with Crippen LogP contribution in [0.1, 0.15) is 34.5 Å². The molecule has 0 radical (unpaired) electrons. The number of amides is 1. The molecule has 1 amide bonds. The van der Waals surface area contributed by atoms with E-state index >= 15 is 0 Å². The van der Waals surface area contributed by atoms with E-state index in [2.05, 4.69) is 20.5 Å². The van der Waals surface area contributed by atoms with Crippen molar-refractivity contribution in [1.82, 2.24) is 29.9 Å². The van der Waals surface area contributed by atoms with Gasteiger partial charge in [-0.3, -0.25) is 9.48 Å². The molecule has 1 fully saturated rings. The number of halogens is 9. The summed E-state index contributed by atoms with van der Waals surface area (Å²) in [4.78, 5) is 16.4. The molecule has 0 spiro atoms. The lowest BCUT2D eigenvalue weighted by Gasteiger charge is -2.19. The molecule has 0 atom stereocenters. The Labute approximate surface area is 202 Å². The van der Waals surface area contributed by atoms with Gasteiger partial charge in [0.15, 0.2) is 17.3 Å². The van der Waals surface area contributed by atoms with Crippen molar-refractivity contribution in [3.05, 3.63) is 40.0 Å². The number of hydrogen-bond acceptors (Lipinski definition) is 4. The van der Waals surface area contributed by atoms with Crippen LogP contribution in [-0.2, 0) is 26.2 Å². The largest absolute Gasteiger partial charge is 0.459 e. The third kappa shape index (κ3) is 4.51. The Balaban J connectivity index is 1.84. The average molecular weight is 543 g/mol. The summed E-state index contributed by atoms with van der Waals surface area (Å²) >= 11 is 6.08. The third-order valence-electron chi connectivity index (χ3n) is 5.34. The minimum Gasteiger partial charge on any atom is -0.349 e. The molecule has 16 heteroatoms. The first-order valence-electron chi connectivity index (χ1n) is 10.1. The van der Waals surface area contributed by atoms with E-state index in [9.17, 15) is 39.9 Å². The molecule has 7 nitrogen and oxygen atoms in total. The molecule has 0 aliphatic heterocycles. The molecule has 2 aromatic heterocycles. The van der Waals surface area contributed by atoms with E-state index in [1.165, 1.54) is 18.2 Å². The molecular formula is C20H15ClF8N6O. The van der Waals surface area contributed by atoms with Crippen LogP contribution in [0.15, 0.2) is 18.2 Å². The second-order valence-electron chi connectivity index (χ2n) is 8.09. The van der Waals surface area contributed by atoms with Gasteiger partial charge in [-0.15, -0.1) is 0 Å². The molecule has 0 saturated heterocycles. The Hall–Kier alpha value is -3.23. The van der Waals surface area contributed by atoms with E-state index in [1.54, 1.807) is 0 Å². The lowest BCUT2D eigenvalue weighted by molar-refractivity contribution is -0.292. The number of nitrogens with one attached hydrogen (secondary N) is 1. The quantitative estimate of drug-likeness (QED) is 0.455. The summed E-state index contributed by atoms with van der Waals surface area (Å²) in [6, 6.07) is 4.00. The van der Waals surface area contributed by atoms with Crippen molar-refractivity contribution in [3.63, 3.8) is 0 Å². The van der Waals surface area contributed by atoms with Crippen molar-refractivity contribution in [2.75, 3.05) is 0 Å².